The van der Waals surface area contributed by atoms with Gasteiger partial charge in [-0.3, -0.25) is 4.79 Å². The molecule has 0 spiro atoms. The third-order valence-corrected chi connectivity index (χ3v) is 5.69. The molecule has 0 aliphatic heterocycles. The van der Waals surface area contributed by atoms with E-state index in [0.29, 0.717) is 27.7 Å². The van der Waals surface area contributed by atoms with Gasteiger partial charge >= 0.3 is 0 Å². The maximum atomic E-state index is 12.0. The maximum Gasteiger partial charge on any atom is 0.224 e. The lowest BCUT2D eigenvalue weighted by Crippen LogP contribution is -2.10. The Kier molecular flexibility index (Phi) is 6.49. The van der Waals surface area contributed by atoms with Gasteiger partial charge < -0.3 is 5.32 Å². The van der Waals surface area contributed by atoms with Crippen LogP contribution in [-0.4, -0.2) is 10.9 Å². The van der Waals surface area contributed by atoms with Gasteiger partial charge in [-0.2, -0.15) is 5.26 Å². The number of allylic oxidation sites excluding steroid dienone is 1. The highest BCUT2D eigenvalue weighted by Gasteiger charge is 2.18. The van der Waals surface area contributed by atoms with Crippen molar-refractivity contribution in [3.8, 4) is 17.3 Å². The van der Waals surface area contributed by atoms with E-state index >= 15 is 0 Å². The topological polar surface area (TPSA) is 65.8 Å². The zero-order chi connectivity index (χ0) is 21.7. The highest BCUT2D eigenvalue weighted by atomic mass is 32.1. The Morgan fingerprint density at radius 3 is 2.37 bits per heavy atom. The lowest BCUT2D eigenvalue weighted by atomic mass is 9.86. The molecule has 0 unspecified atom stereocenters. The summed E-state index contributed by atoms with van der Waals surface area (Å²) < 4.78 is 0. The number of rotatable bonds is 5. The van der Waals surface area contributed by atoms with Gasteiger partial charge in [0.05, 0.1) is 5.57 Å². The number of carbonyl (C=O) groups is 1. The van der Waals surface area contributed by atoms with Gasteiger partial charge in [0, 0.05) is 12.0 Å². The van der Waals surface area contributed by atoms with Crippen LogP contribution < -0.4 is 5.32 Å². The number of carbonyl (C=O) groups excluding carboxylic acids is 1. The summed E-state index contributed by atoms with van der Waals surface area (Å²) >= 11 is 1.32. The van der Waals surface area contributed by atoms with Crippen LogP contribution >= 0.6 is 11.3 Å². The van der Waals surface area contributed by atoms with Crippen molar-refractivity contribution in [1.82, 2.24) is 4.98 Å². The van der Waals surface area contributed by atoms with Crippen molar-refractivity contribution >= 4 is 33.9 Å². The maximum absolute atomic E-state index is 12.0. The minimum Gasteiger partial charge on any atom is -0.316 e. The summed E-state index contributed by atoms with van der Waals surface area (Å²) in [6.45, 7) is 8.32. The normalized spacial score (nSPS) is 11.8. The fraction of sp³-hybridized carbons (Fsp3) is 0.240. The van der Waals surface area contributed by atoms with Gasteiger partial charge in [0.25, 0.3) is 0 Å². The van der Waals surface area contributed by atoms with Crippen molar-refractivity contribution in [2.24, 2.45) is 0 Å². The molecule has 0 atom stereocenters. The second kappa shape index (κ2) is 9.06. The molecule has 0 saturated heterocycles. The molecule has 2 aromatic carbocycles. The van der Waals surface area contributed by atoms with Gasteiger partial charge in [0.1, 0.15) is 21.8 Å². The molecule has 4 nitrogen and oxygen atoms in total. The van der Waals surface area contributed by atoms with Crippen LogP contribution in [0.2, 0.25) is 0 Å². The molecular formula is C25H25N3OS. The number of benzene rings is 2. The molecule has 1 N–H and O–H groups in total. The average molecular weight is 416 g/mol. The van der Waals surface area contributed by atoms with Crippen LogP contribution in [0.3, 0.4) is 0 Å². The Hall–Kier alpha value is -3.23. The van der Waals surface area contributed by atoms with Crippen LogP contribution in [-0.2, 0) is 10.2 Å². The summed E-state index contributed by atoms with van der Waals surface area (Å²) in [6.07, 6.45) is 2.22. The number of hydrogen-bond donors (Lipinski definition) is 1. The molecular weight excluding hydrogens is 390 g/mol. The molecule has 1 aromatic heterocycles. The van der Waals surface area contributed by atoms with E-state index in [0.717, 1.165) is 11.1 Å². The first-order valence-electron chi connectivity index (χ1n) is 9.90. The molecule has 3 rings (SSSR count). The minimum atomic E-state index is -0.0809. The molecule has 30 heavy (non-hydrogen) atoms. The first-order chi connectivity index (χ1) is 14.3. The van der Waals surface area contributed by atoms with Gasteiger partial charge in [-0.25, -0.2) is 4.98 Å². The molecule has 0 bridgehead atoms. The van der Waals surface area contributed by atoms with Crippen molar-refractivity contribution in [2.75, 3.05) is 5.32 Å². The number of nitrogens with one attached hydrogen (secondary N) is 1. The molecule has 0 fully saturated rings. The third kappa shape index (κ3) is 5.03. The quantitative estimate of drug-likeness (QED) is 0.482. The number of nitrogens with zero attached hydrogens (tertiary/aromatic N) is 2. The number of nitriles is 1. The SMILES string of the molecule is CCC(=O)Nc1sc(/C(C#N)=C\c2ccc(C(C)(C)C)cc2)nc1-c1ccccc1. The Morgan fingerprint density at radius 2 is 1.80 bits per heavy atom. The highest BCUT2D eigenvalue weighted by Crippen LogP contribution is 2.36. The van der Waals surface area contributed by atoms with Gasteiger partial charge in [-0.15, -0.1) is 0 Å². The first kappa shape index (κ1) is 21.5. The molecule has 1 heterocycles. The first-order valence-corrected chi connectivity index (χ1v) is 10.7. The zero-order valence-corrected chi connectivity index (χ0v) is 18.5. The second-order valence-electron chi connectivity index (χ2n) is 8.01. The summed E-state index contributed by atoms with van der Waals surface area (Å²) in [6, 6.07) is 20.2. The smallest absolute Gasteiger partial charge is 0.224 e. The molecule has 0 radical (unpaired) electrons. The van der Waals surface area contributed by atoms with Crippen molar-refractivity contribution in [2.45, 2.75) is 39.5 Å². The molecule has 1 amide bonds. The van der Waals surface area contributed by atoms with E-state index in [1.165, 1.54) is 16.9 Å². The monoisotopic (exact) mass is 415 g/mol. The Morgan fingerprint density at radius 1 is 1.13 bits per heavy atom. The summed E-state index contributed by atoms with van der Waals surface area (Å²) in [5.41, 5.74) is 4.31. The standard InChI is InChI=1S/C25H25N3OS/c1-5-21(29)27-24-22(18-9-7-6-8-10-18)28-23(30-24)19(16-26)15-17-11-13-20(14-12-17)25(2,3)4/h6-15H,5H2,1-4H3,(H,27,29)/b19-15-. The molecule has 3 aromatic rings. The predicted molar refractivity (Wildman–Crippen MR) is 125 cm³/mol. The van der Waals surface area contributed by atoms with Crippen molar-refractivity contribution in [1.29, 1.82) is 5.26 Å². The van der Waals surface area contributed by atoms with Crippen molar-refractivity contribution < 1.29 is 4.79 Å². The van der Waals surface area contributed by atoms with Crippen LogP contribution in [0.1, 0.15) is 50.3 Å². The minimum absolute atomic E-state index is 0.0760. The van der Waals surface area contributed by atoms with E-state index in [2.05, 4.69) is 44.3 Å². The van der Waals surface area contributed by atoms with E-state index in [1.807, 2.05) is 48.5 Å². The van der Waals surface area contributed by atoms with E-state index in [9.17, 15) is 10.1 Å². The van der Waals surface area contributed by atoms with Crippen LogP contribution in [0.5, 0.6) is 0 Å². The fourth-order valence-electron chi connectivity index (χ4n) is 2.91. The average Bonchev–Trinajstić information content (AvgIpc) is 3.15. The Labute approximate surface area is 181 Å². The number of thiazole rings is 1. The number of amides is 1. The predicted octanol–water partition coefficient (Wildman–Crippen LogP) is 6.52. The van der Waals surface area contributed by atoms with Gasteiger partial charge in [-0.05, 0) is 22.6 Å². The Balaban J connectivity index is 2.01. The van der Waals surface area contributed by atoms with E-state index in [-0.39, 0.29) is 11.3 Å². The van der Waals surface area contributed by atoms with E-state index in [1.54, 1.807) is 6.92 Å². The highest BCUT2D eigenvalue weighted by molar-refractivity contribution is 7.17. The van der Waals surface area contributed by atoms with E-state index < -0.39 is 0 Å². The van der Waals surface area contributed by atoms with Crippen molar-refractivity contribution in [3.05, 3.63) is 70.7 Å². The van der Waals surface area contributed by atoms with Crippen molar-refractivity contribution in [3.63, 3.8) is 0 Å². The lowest BCUT2D eigenvalue weighted by Gasteiger charge is -2.18. The summed E-state index contributed by atoms with van der Waals surface area (Å²) in [5.74, 6) is -0.0809. The summed E-state index contributed by atoms with van der Waals surface area (Å²) in [5, 5.41) is 14.0. The Bertz CT molecular complexity index is 1100. The zero-order valence-electron chi connectivity index (χ0n) is 17.7. The molecule has 0 aliphatic carbocycles. The third-order valence-electron chi connectivity index (χ3n) is 4.69. The van der Waals surface area contributed by atoms with Crippen LogP contribution in [0.15, 0.2) is 54.6 Å². The number of aromatic nitrogens is 1. The molecule has 0 aliphatic rings. The van der Waals surface area contributed by atoms with E-state index in [4.69, 9.17) is 4.98 Å². The largest absolute Gasteiger partial charge is 0.316 e. The van der Waals surface area contributed by atoms with Crippen LogP contribution in [0.4, 0.5) is 5.00 Å². The van der Waals surface area contributed by atoms with Crippen LogP contribution in [0, 0.1) is 11.3 Å². The molecule has 152 valence electrons. The van der Waals surface area contributed by atoms with Gasteiger partial charge in [0.15, 0.2) is 0 Å². The van der Waals surface area contributed by atoms with Gasteiger partial charge in [-0.1, -0.05) is 93.6 Å². The number of anilines is 1. The summed E-state index contributed by atoms with van der Waals surface area (Å²) in [4.78, 5) is 16.7. The summed E-state index contributed by atoms with van der Waals surface area (Å²) in [7, 11) is 0. The van der Waals surface area contributed by atoms with Crippen LogP contribution in [0.25, 0.3) is 22.9 Å². The van der Waals surface area contributed by atoms with Gasteiger partial charge in [0.2, 0.25) is 5.91 Å². The lowest BCUT2D eigenvalue weighted by molar-refractivity contribution is -0.115. The molecule has 0 saturated carbocycles. The second-order valence-corrected chi connectivity index (χ2v) is 9.01. The molecule has 5 heteroatoms. The number of hydrogen-bond acceptors (Lipinski definition) is 4. The fourth-order valence-corrected chi connectivity index (χ4v) is 3.88.